The van der Waals surface area contributed by atoms with Gasteiger partial charge in [0.15, 0.2) is 0 Å². The van der Waals surface area contributed by atoms with Crippen molar-refractivity contribution in [1.82, 2.24) is 4.98 Å². The van der Waals surface area contributed by atoms with Crippen LogP contribution in [0, 0.1) is 12.7 Å². The topological polar surface area (TPSA) is 24.9 Å². The Kier molecular flexibility index (Phi) is 4.92. The number of halogens is 1. The number of nitrogens with one attached hydrogen (secondary N) is 1. The highest BCUT2D eigenvalue weighted by Gasteiger charge is 2.12. The van der Waals surface area contributed by atoms with E-state index in [1.54, 1.807) is 12.1 Å². The maximum atomic E-state index is 14.1. The van der Waals surface area contributed by atoms with Crippen LogP contribution in [0.15, 0.2) is 48.7 Å². The Hall–Kier alpha value is -2.25. The van der Waals surface area contributed by atoms with E-state index in [4.69, 9.17) is 0 Å². The molecule has 0 aliphatic heterocycles. The van der Waals surface area contributed by atoms with Gasteiger partial charge in [0.05, 0.1) is 5.52 Å². The lowest BCUT2D eigenvalue weighted by Gasteiger charge is -2.15. The van der Waals surface area contributed by atoms with Gasteiger partial charge < -0.3 is 5.32 Å². The number of aromatic nitrogens is 1. The maximum absolute atomic E-state index is 14.1. The predicted octanol–water partition coefficient (Wildman–Crippen LogP) is 4.39. The van der Waals surface area contributed by atoms with Crippen molar-refractivity contribution >= 4 is 41.9 Å². The second-order valence-electron chi connectivity index (χ2n) is 5.62. The Bertz CT molecular complexity index is 919. The van der Waals surface area contributed by atoms with Crippen LogP contribution in [0.4, 0.5) is 10.1 Å². The van der Waals surface area contributed by atoms with Crippen molar-refractivity contribution in [1.29, 1.82) is 0 Å². The summed E-state index contributed by atoms with van der Waals surface area (Å²) in [6.45, 7) is 4.00. The molecular weight excluding hydrogens is 318 g/mol. The van der Waals surface area contributed by atoms with Gasteiger partial charge in [-0.25, -0.2) is 4.39 Å². The highest BCUT2D eigenvalue weighted by atomic mass is 31.1. The summed E-state index contributed by atoms with van der Waals surface area (Å²) in [5.41, 5.74) is 4.02. The zero-order chi connectivity index (χ0) is 17.1. The molecule has 0 radical (unpaired) electrons. The molecule has 1 aromatic heterocycles. The first kappa shape index (κ1) is 16.6. The normalized spacial score (nSPS) is 11.8. The van der Waals surface area contributed by atoms with Crippen LogP contribution in [-0.4, -0.2) is 12.0 Å². The van der Waals surface area contributed by atoms with Crippen LogP contribution < -0.4 is 15.9 Å². The third-order valence-corrected chi connectivity index (χ3v) is 5.34. The molecule has 2 nitrogen and oxygen atoms in total. The van der Waals surface area contributed by atoms with Gasteiger partial charge in [0.2, 0.25) is 0 Å². The van der Waals surface area contributed by atoms with Crippen LogP contribution in [0.1, 0.15) is 18.1 Å². The van der Waals surface area contributed by atoms with E-state index in [2.05, 4.69) is 35.4 Å². The fourth-order valence-electron chi connectivity index (χ4n) is 2.88. The fourth-order valence-corrected chi connectivity index (χ4v) is 4.28. The number of rotatable bonds is 4. The van der Waals surface area contributed by atoms with E-state index in [1.165, 1.54) is 5.30 Å². The summed E-state index contributed by atoms with van der Waals surface area (Å²) in [5, 5.41) is 6.51. The van der Waals surface area contributed by atoms with E-state index in [0.29, 0.717) is 8.58 Å². The lowest BCUT2D eigenvalue weighted by atomic mass is 10.1. The summed E-state index contributed by atoms with van der Waals surface area (Å²) in [6, 6.07) is 11.4. The molecule has 1 N–H and O–H groups in total. The van der Waals surface area contributed by atoms with Crippen molar-refractivity contribution in [3.8, 4) is 0 Å². The summed E-state index contributed by atoms with van der Waals surface area (Å²) < 4.78 is 14.1. The molecule has 0 aliphatic rings. The minimum atomic E-state index is -0.209. The smallest absolute Gasteiger partial charge is 0.124 e. The van der Waals surface area contributed by atoms with Crippen molar-refractivity contribution in [3.63, 3.8) is 0 Å². The molecule has 1 heterocycles. The first-order valence-corrected chi connectivity index (χ1v) is 8.89. The van der Waals surface area contributed by atoms with Crippen molar-refractivity contribution in [2.24, 2.45) is 0 Å². The van der Waals surface area contributed by atoms with E-state index in [1.807, 2.05) is 38.4 Å². The van der Waals surface area contributed by atoms with Gasteiger partial charge in [-0.2, -0.15) is 0 Å². The van der Waals surface area contributed by atoms with Crippen LogP contribution in [0.5, 0.6) is 0 Å². The molecule has 0 bridgehead atoms. The molecule has 24 heavy (non-hydrogen) atoms. The molecular formula is C20H20FN2P. The van der Waals surface area contributed by atoms with Gasteiger partial charge >= 0.3 is 0 Å². The number of aryl methyl sites for hydroxylation is 1. The standard InChI is InChI=1S/C20H20FN2P/c1-4-6-14-11-15(21)12-18(20(14)22-3)24-17-9-8-13(2)19-16(17)7-5-10-23-19/h4-12,22,24H,1-3H3/b6-4-. The number of nitrogens with zero attached hydrogens (tertiary/aromatic N) is 1. The number of fused-ring (bicyclic) bond motifs is 1. The third-order valence-electron chi connectivity index (χ3n) is 3.97. The second kappa shape index (κ2) is 7.11. The molecule has 0 saturated heterocycles. The average molecular weight is 338 g/mol. The molecule has 1 unspecified atom stereocenters. The quantitative estimate of drug-likeness (QED) is 0.714. The molecule has 0 aliphatic carbocycles. The first-order chi connectivity index (χ1) is 11.6. The minimum Gasteiger partial charge on any atom is -0.387 e. The fraction of sp³-hybridized carbons (Fsp3) is 0.150. The van der Waals surface area contributed by atoms with Gasteiger partial charge in [0.1, 0.15) is 5.82 Å². The molecule has 3 rings (SSSR count). The van der Waals surface area contributed by atoms with Crippen LogP contribution in [0.2, 0.25) is 0 Å². The lowest BCUT2D eigenvalue weighted by molar-refractivity contribution is 0.629. The van der Waals surface area contributed by atoms with Crippen molar-refractivity contribution in [3.05, 3.63) is 65.6 Å². The van der Waals surface area contributed by atoms with Gasteiger partial charge in [0, 0.05) is 35.2 Å². The highest BCUT2D eigenvalue weighted by Crippen LogP contribution is 2.27. The summed E-state index contributed by atoms with van der Waals surface area (Å²) in [5.74, 6) is -0.209. The molecule has 0 spiro atoms. The molecule has 0 fully saturated rings. The van der Waals surface area contributed by atoms with Crippen LogP contribution in [0.25, 0.3) is 17.0 Å². The van der Waals surface area contributed by atoms with E-state index in [-0.39, 0.29) is 5.82 Å². The van der Waals surface area contributed by atoms with Gasteiger partial charge in [-0.05, 0) is 42.9 Å². The molecule has 122 valence electrons. The van der Waals surface area contributed by atoms with E-state index >= 15 is 0 Å². The Morgan fingerprint density at radius 1 is 1.17 bits per heavy atom. The minimum absolute atomic E-state index is 0.209. The van der Waals surface area contributed by atoms with Crippen molar-refractivity contribution < 1.29 is 4.39 Å². The van der Waals surface area contributed by atoms with Crippen molar-refractivity contribution in [2.45, 2.75) is 13.8 Å². The molecule has 1 atom stereocenters. The summed E-state index contributed by atoms with van der Waals surface area (Å²) in [4.78, 5) is 4.49. The molecule has 2 aromatic carbocycles. The summed E-state index contributed by atoms with van der Waals surface area (Å²) in [7, 11) is 2.23. The van der Waals surface area contributed by atoms with E-state index < -0.39 is 0 Å². The molecule has 0 saturated carbocycles. The molecule has 3 aromatic rings. The van der Waals surface area contributed by atoms with Gasteiger partial charge in [0.25, 0.3) is 0 Å². The number of hydrogen-bond acceptors (Lipinski definition) is 2. The Morgan fingerprint density at radius 2 is 2.00 bits per heavy atom. The zero-order valence-electron chi connectivity index (χ0n) is 14.0. The largest absolute Gasteiger partial charge is 0.387 e. The van der Waals surface area contributed by atoms with Crippen molar-refractivity contribution in [2.75, 3.05) is 12.4 Å². The highest BCUT2D eigenvalue weighted by molar-refractivity contribution is 7.56. The third kappa shape index (κ3) is 3.18. The van der Waals surface area contributed by atoms with Crippen LogP contribution in [-0.2, 0) is 0 Å². The second-order valence-corrected chi connectivity index (χ2v) is 6.95. The van der Waals surface area contributed by atoms with Crippen LogP contribution in [0.3, 0.4) is 0 Å². The number of hydrogen-bond donors (Lipinski definition) is 1. The Balaban J connectivity index is 2.14. The number of benzene rings is 2. The van der Waals surface area contributed by atoms with Gasteiger partial charge in [-0.15, -0.1) is 0 Å². The maximum Gasteiger partial charge on any atom is 0.124 e. The van der Waals surface area contributed by atoms with E-state index in [9.17, 15) is 4.39 Å². The average Bonchev–Trinajstić information content (AvgIpc) is 2.58. The van der Waals surface area contributed by atoms with Crippen LogP contribution >= 0.6 is 8.58 Å². The predicted molar refractivity (Wildman–Crippen MR) is 105 cm³/mol. The SMILES string of the molecule is C/C=C\c1cc(F)cc(Pc2ccc(C)c3ncccc23)c1NC. The number of allylic oxidation sites excluding steroid dienone is 1. The molecule has 4 heteroatoms. The molecule has 0 amide bonds. The number of pyridine rings is 1. The first-order valence-electron chi connectivity index (χ1n) is 7.89. The zero-order valence-corrected chi connectivity index (χ0v) is 15.0. The Labute approximate surface area is 143 Å². The summed E-state index contributed by atoms with van der Waals surface area (Å²) in [6.07, 6.45) is 5.67. The lowest BCUT2D eigenvalue weighted by Crippen LogP contribution is -2.12. The number of anilines is 1. The van der Waals surface area contributed by atoms with Gasteiger partial charge in [-0.3, -0.25) is 4.98 Å². The summed E-state index contributed by atoms with van der Waals surface area (Å²) >= 11 is 0. The Morgan fingerprint density at radius 3 is 2.75 bits per heavy atom. The van der Waals surface area contributed by atoms with Gasteiger partial charge in [-0.1, -0.05) is 38.9 Å². The monoisotopic (exact) mass is 338 g/mol. The van der Waals surface area contributed by atoms with E-state index in [0.717, 1.165) is 33.0 Å².